The fourth-order valence-corrected chi connectivity index (χ4v) is 4.35. The first kappa shape index (κ1) is 22.1. The maximum Gasteiger partial charge on any atom is 0.416 e. The summed E-state index contributed by atoms with van der Waals surface area (Å²) in [5.74, 6) is 0.590. The molecule has 1 aliphatic rings. The summed E-state index contributed by atoms with van der Waals surface area (Å²) in [6.45, 7) is 2.48. The van der Waals surface area contributed by atoms with Crippen LogP contribution in [0.2, 0.25) is 0 Å². The van der Waals surface area contributed by atoms with Crippen molar-refractivity contribution in [3.05, 3.63) is 83.8 Å². The van der Waals surface area contributed by atoms with Crippen molar-refractivity contribution in [2.45, 2.75) is 31.5 Å². The lowest BCUT2D eigenvalue weighted by Crippen LogP contribution is -3.13. The van der Waals surface area contributed by atoms with Crippen LogP contribution in [0.4, 0.5) is 13.2 Å². The van der Waals surface area contributed by atoms with Crippen LogP contribution in [0.25, 0.3) is 11.1 Å². The summed E-state index contributed by atoms with van der Waals surface area (Å²) in [5.41, 5.74) is 0.875. The van der Waals surface area contributed by atoms with Crippen LogP contribution in [0.1, 0.15) is 47.0 Å². The summed E-state index contributed by atoms with van der Waals surface area (Å²) < 4.78 is 44.4. The second-order valence-corrected chi connectivity index (χ2v) is 8.12. The molecule has 3 aromatic rings. The van der Waals surface area contributed by atoms with Gasteiger partial charge >= 0.3 is 6.18 Å². The van der Waals surface area contributed by atoms with Crippen molar-refractivity contribution in [3.63, 3.8) is 0 Å². The third kappa shape index (κ3) is 5.05. The van der Waals surface area contributed by atoms with Crippen molar-refractivity contribution >= 4 is 5.91 Å². The van der Waals surface area contributed by atoms with Crippen LogP contribution in [0.3, 0.4) is 0 Å². The molecule has 0 spiro atoms. The highest BCUT2D eigenvalue weighted by Crippen LogP contribution is 2.31. The molecule has 0 radical (unpaired) electrons. The second-order valence-electron chi connectivity index (χ2n) is 8.12. The molecule has 1 fully saturated rings. The van der Waals surface area contributed by atoms with Crippen LogP contribution < -0.4 is 10.2 Å². The van der Waals surface area contributed by atoms with Crippen LogP contribution in [0.5, 0.6) is 0 Å². The van der Waals surface area contributed by atoms with Crippen molar-refractivity contribution in [2.75, 3.05) is 19.6 Å². The molecule has 2 N–H and O–H groups in total. The topological polar surface area (TPSA) is 46.7 Å². The normalized spacial score (nSPS) is 16.0. The van der Waals surface area contributed by atoms with E-state index < -0.39 is 11.7 Å². The van der Waals surface area contributed by atoms with Crippen molar-refractivity contribution in [2.24, 2.45) is 0 Å². The smallest absolute Gasteiger partial charge is 0.416 e. The minimum absolute atomic E-state index is 0.0208. The molecule has 1 amide bonds. The van der Waals surface area contributed by atoms with E-state index in [2.05, 4.69) is 5.32 Å². The third-order valence-corrected chi connectivity index (χ3v) is 6.04. The van der Waals surface area contributed by atoms with E-state index in [-0.39, 0.29) is 11.9 Å². The zero-order chi connectivity index (χ0) is 22.6. The molecule has 1 aliphatic heterocycles. The highest BCUT2D eigenvalue weighted by Gasteiger charge is 2.31. The number of nitrogens with one attached hydrogen (secondary N) is 2. The molecular weight excluding hydrogens is 417 g/mol. The predicted octanol–water partition coefficient (Wildman–Crippen LogP) is 4.51. The first-order valence-corrected chi connectivity index (χ1v) is 10.9. The van der Waals surface area contributed by atoms with Gasteiger partial charge in [-0.25, -0.2) is 0 Å². The molecule has 1 atom stereocenters. The molecule has 4 rings (SSSR count). The number of amides is 1. The molecular formula is C25H26F3N2O2+. The highest BCUT2D eigenvalue weighted by molar-refractivity contribution is 6.00. The number of piperidine rings is 1. The fraction of sp³-hybridized carbons (Fsp3) is 0.320. The number of hydrogen-bond donors (Lipinski definition) is 2. The Balaban J connectivity index is 1.52. The monoisotopic (exact) mass is 443 g/mol. The molecule has 0 saturated carbocycles. The molecule has 168 valence electrons. The van der Waals surface area contributed by atoms with Crippen molar-refractivity contribution in [3.8, 4) is 11.1 Å². The van der Waals surface area contributed by atoms with Crippen molar-refractivity contribution < 1.29 is 27.3 Å². The van der Waals surface area contributed by atoms with Crippen LogP contribution in [-0.4, -0.2) is 25.5 Å². The van der Waals surface area contributed by atoms with Crippen LogP contribution in [-0.2, 0) is 6.18 Å². The predicted molar refractivity (Wildman–Crippen MR) is 115 cm³/mol. The number of carbonyl (C=O) groups is 1. The van der Waals surface area contributed by atoms with Gasteiger partial charge in [0, 0.05) is 5.56 Å². The third-order valence-electron chi connectivity index (χ3n) is 6.04. The molecule has 0 unspecified atom stereocenters. The molecule has 1 aromatic heterocycles. The summed E-state index contributed by atoms with van der Waals surface area (Å²) in [6.07, 6.45) is 0.774. The van der Waals surface area contributed by atoms with Crippen LogP contribution >= 0.6 is 0 Å². The highest BCUT2D eigenvalue weighted by atomic mass is 19.4. The lowest BCUT2D eigenvalue weighted by molar-refractivity contribution is -0.936. The van der Waals surface area contributed by atoms with Gasteiger partial charge in [-0.3, -0.25) is 4.79 Å². The first-order chi connectivity index (χ1) is 15.4. The Morgan fingerprint density at radius 1 is 0.969 bits per heavy atom. The van der Waals surface area contributed by atoms with Crippen LogP contribution in [0.15, 0.2) is 71.3 Å². The fourth-order valence-electron chi connectivity index (χ4n) is 4.35. The summed E-state index contributed by atoms with van der Waals surface area (Å²) >= 11 is 0. The summed E-state index contributed by atoms with van der Waals surface area (Å²) in [4.78, 5) is 14.5. The molecule has 4 nitrogen and oxygen atoms in total. The summed E-state index contributed by atoms with van der Waals surface area (Å²) in [7, 11) is 0. The minimum Gasteiger partial charge on any atom is -0.463 e. The van der Waals surface area contributed by atoms with Crippen LogP contribution in [0, 0.1) is 0 Å². The Kier molecular flexibility index (Phi) is 6.65. The maximum atomic E-state index is 13.1. The Labute approximate surface area is 185 Å². The largest absolute Gasteiger partial charge is 0.463 e. The van der Waals surface area contributed by atoms with Gasteiger partial charge in [-0.2, -0.15) is 13.2 Å². The number of benzene rings is 2. The number of alkyl halides is 3. The quantitative estimate of drug-likeness (QED) is 0.589. The van der Waals surface area contributed by atoms with Gasteiger partial charge in [0.15, 0.2) is 11.8 Å². The second kappa shape index (κ2) is 9.61. The number of likely N-dealkylation sites (tertiary alicyclic amines) is 1. The van der Waals surface area contributed by atoms with E-state index in [1.165, 1.54) is 23.5 Å². The Bertz CT molecular complexity index is 1020. The van der Waals surface area contributed by atoms with Gasteiger partial charge in [0.05, 0.1) is 31.5 Å². The maximum absolute atomic E-state index is 13.1. The standard InChI is InChI=1S/C25H25F3N2O2/c26-25(27,28)19-12-10-18(11-13-19)20-7-2-3-8-21(20)24(31)29-17-22(23-9-6-16-32-23)30-14-4-1-5-15-30/h2-3,6-13,16,22H,1,4-5,14-15,17H2,(H,29,31)/p+1/t22-/m0/s1. The van der Waals surface area contributed by atoms with Gasteiger partial charge in [-0.1, -0.05) is 30.3 Å². The molecule has 1 saturated heterocycles. The Morgan fingerprint density at radius 3 is 2.34 bits per heavy atom. The van der Waals surface area contributed by atoms with E-state index in [0.29, 0.717) is 23.2 Å². The Hall–Kier alpha value is -3.06. The molecule has 7 heteroatoms. The Morgan fingerprint density at radius 2 is 1.69 bits per heavy atom. The molecule has 2 aromatic carbocycles. The zero-order valence-electron chi connectivity index (χ0n) is 17.6. The zero-order valence-corrected chi connectivity index (χ0v) is 17.6. The summed E-state index contributed by atoms with van der Waals surface area (Å²) in [6, 6.07) is 15.7. The first-order valence-electron chi connectivity index (χ1n) is 10.9. The molecule has 32 heavy (non-hydrogen) atoms. The lowest BCUT2D eigenvalue weighted by atomic mass is 9.98. The van der Waals surface area contributed by atoms with Gasteiger partial charge in [-0.15, -0.1) is 0 Å². The average molecular weight is 443 g/mol. The van der Waals surface area contributed by atoms with E-state index in [1.54, 1.807) is 30.5 Å². The molecule has 2 heterocycles. The summed E-state index contributed by atoms with van der Waals surface area (Å²) in [5, 5.41) is 3.03. The van der Waals surface area contributed by atoms with Crippen molar-refractivity contribution in [1.29, 1.82) is 0 Å². The van der Waals surface area contributed by atoms with E-state index in [1.807, 2.05) is 12.1 Å². The van der Waals surface area contributed by atoms with E-state index >= 15 is 0 Å². The number of halogens is 3. The van der Waals surface area contributed by atoms with E-state index in [9.17, 15) is 18.0 Å². The molecule has 0 aliphatic carbocycles. The van der Waals surface area contributed by atoms with Gasteiger partial charge in [-0.05, 0) is 60.7 Å². The number of rotatable bonds is 6. The average Bonchev–Trinajstić information content (AvgIpc) is 3.34. The number of hydrogen-bond acceptors (Lipinski definition) is 2. The van der Waals surface area contributed by atoms with E-state index in [4.69, 9.17) is 4.42 Å². The lowest BCUT2D eigenvalue weighted by Gasteiger charge is -2.30. The minimum atomic E-state index is -4.40. The van der Waals surface area contributed by atoms with Gasteiger partial charge in [0.25, 0.3) is 5.91 Å². The SMILES string of the molecule is O=C(NC[C@@H](c1ccco1)[NH+]1CCCCC1)c1ccccc1-c1ccc(C(F)(F)F)cc1. The van der Waals surface area contributed by atoms with Gasteiger partial charge < -0.3 is 14.6 Å². The van der Waals surface area contributed by atoms with Crippen molar-refractivity contribution in [1.82, 2.24) is 5.32 Å². The van der Waals surface area contributed by atoms with E-state index in [0.717, 1.165) is 43.8 Å². The molecule has 0 bridgehead atoms. The number of furan rings is 1. The number of carbonyl (C=O) groups excluding carboxylic acids is 1. The number of quaternary nitrogens is 1. The van der Waals surface area contributed by atoms with Gasteiger partial charge in [0.1, 0.15) is 0 Å². The van der Waals surface area contributed by atoms with Gasteiger partial charge in [0.2, 0.25) is 0 Å².